The first-order chi connectivity index (χ1) is 8.06. The third-order valence-corrected chi connectivity index (χ3v) is 4.98. The molecule has 0 aliphatic heterocycles. The quantitative estimate of drug-likeness (QED) is 0.188. The minimum atomic E-state index is -1.05. The van der Waals surface area contributed by atoms with E-state index in [9.17, 15) is 0 Å². The van der Waals surface area contributed by atoms with Gasteiger partial charge >= 0.3 is 0 Å². The van der Waals surface area contributed by atoms with Gasteiger partial charge in [-0.2, -0.15) is 11.1 Å². The number of unbranched alkanes of at least 4 members (excludes halogenated alkanes) is 8. The van der Waals surface area contributed by atoms with Gasteiger partial charge in [-0.25, -0.2) is 0 Å². The summed E-state index contributed by atoms with van der Waals surface area (Å²) < 4.78 is -1.05. The lowest BCUT2D eigenvalue weighted by Crippen LogP contribution is -2.00. The molecule has 0 unspecified atom stereocenters. The molecular formula is C12H24Cl4Si. The van der Waals surface area contributed by atoms with Gasteiger partial charge in [-0.15, -0.1) is 0 Å². The molecule has 104 valence electrons. The van der Waals surface area contributed by atoms with Crippen LogP contribution in [0.2, 0.25) is 6.04 Å². The van der Waals surface area contributed by atoms with Crippen molar-refractivity contribution in [3.8, 4) is 0 Å². The second-order valence-electron chi connectivity index (χ2n) is 4.59. The van der Waals surface area contributed by atoms with E-state index >= 15 is 0 Å². The Morgan fingerprint density at radius 3 is 1.47 bits per heavy atom. The summed E-state index contributed by atoms with van der Waals surface area (Å²) in [7, 11) is -0.211. The molecule has 0 aromatic heterocycles. The van der Waals surface area contributed by atoms with Crippen molar-refractivity contribution in [2.45, 2.75) is 74.0 Å². The number of hydrogen-bond donors (Lipinski definition) is 0. The van der Waals surface area contributed by atoms with Crippen molar-refractivity contribution in [1.82, 2.24) is 0 Å². The molecule has 17 heavy (non-hydrogen) atoms. The lowest BCUT2D eigenvalue weighted by atomic mass is 10.1. The van der Waals surface area contributed by atoms with E-state index in [1.54, 1.807) is 0 Å². The molecular weight excluding hydrogens is 314 g/mol. The second kappa shape index (κ2) is 12.4. The van der Waals surface area contributed by atoms with Crippen LogP contribution in [0.5, 0.6) is 0 Å². The maximum Gasteiger partial charge on any atom is 0.190 e. The Morgan fingerprint density at radius 2 is 1.06 bits per heavy atom. The van der Waals surface area contributed by atoms with Gasteiger partial charge in [0.1, 0.15) is 8.83 Å². The second-order valence-corrected chi connectivity index (χ2v) is 9.32. The van der Waals surface area contributed by atoms with Crippen molar-refractivity contribution in [2.24, 2.45) is 0 Å². The number of hydrogen-bond acceptors (Lipinski definition) is 0. The SMILES string of the molecule is Cl[SiH2]CCCCCCCCCCCC(Cl)(Cl)Cl. The summed E-state index contributed by atoms with van der Waals surface area (Å²) in [6.07, 6.45) is 12.3. The van der Waals surface area contributed by atoms with E-state index in [1.807, 2.05) is 0 Å². The molecule has 0 nitrogen and oxygen atoms in total. The summed E-state index contributed by atoms with van der Waals surface area (Å²) in [5.41, 5.74) is 0. The Labute approximate surface area is 128 Å². The van der Waals surface area contributed by atoms with Crippen LogP contribution in [0.3, 0.4) is 0 Å². The van der Waals surface area contributed by atoms with E-state index in [2.05, 4.69) is 0 Å². The van der Waals surface area contributed by atoms with Crippen LogP contribution in [-0.2, 0) is 0 Å². The average Bonchev–Trinajstić information content (AvgIpc) is 2.24. The fourth-order valence-electron chi connectivity index (χ4n) is 1.83. The number of rotatable bonds is 11. The maximum absolute atomic E-state index is 5.76. The molecule has 0 aliphatic rings. The molecule has 0 radical (unpaired) electrons. The van der Waals surface area contributed by atoms with Gasteiger partial charge in [-0.1, -0.05) is 86.2 Å². The highest BCUT2D eigenvalue weighted by atomic mass is 35.6. The highest BCUT2D eigenvalue weighted by Crippen LogP contribution is 2.32. The summed E-state index contributed by atoms with van der Waals surface area (Å²) >= 11 is 22.8. The topological polar surface area (TPSA) is 0 Å². The number of halogens is 4. The predicted molar refractivity (Wildman–Crippen MR) is 85.7 cm³/mol. The van der Waals surface area contributed by atoms with Crippen LogP contribution in [0, 0.1) is 0 Å². The molecule has 5 heteroatoms. The summed E-state index contributed by atoms with van der Waals surface area (Å²) in [4.78, 5) is 0. The van der Waals surface area contributed by atoms with Crippen LogP contribution in [0.4, 0.5) is 0 Å². The van der Waals surface area contributed by atoms with Crippen LogP contribution in [0.15, 0.2) is 0 Å². The Hall–Kier alpha value is 1.38. The molecule has 0 bridgehead atoms. The first kappa shape index (κ1) is 18.4. The van der Waals surface area contributed by atoms with Gasteiger partial charge in [0, 0.05) is 0 Å². The van der Waals surface area contributed by atoms with E-state index in [0.29, 0.717) is 6.42 Å². The monoisotopic (exact) mass is 336 g/mol. The van der Waals surface area contributed by atoms with Crippen LogP contribution in [0.1, 0.15) is 64.2 Å². The first-order valence-electron chi connectivity index (χ1n) is 6.69. The van der Waals surface area contributed by atoms with Crippen molar-refractivity contribution in [3.63, 3.8) is 0 Å². The van der Waals surface area contributed by atoms with E-state index in [-0.39, 0.29) is 8.83 Å². The standard InChI is InChI=1S/C12H24Cl4Si/c13-12(14,15)10-8-6-4-2-1-3-5-7-9-11-17-16/h1-11,17H2. The lowest BCUT2D eigenvalue weighted by molar-refractivity contribution is 0.558. The van der Waals surface area contributed by atoms with Crippen molar-refractivity contribution in [1.29, 1.82) is 0 Å². The predicted octanol–water partition coefficient (Wildman–Crippen LogP) is 6.00. The summed E-state index contributed by atoms with van der Waals surface area (Å²) in [5, 5.41) is 0. The average molecular weight is 338 g/mol. The molecule has 0 aromatic rings. The zero-order chi connectivity index (χ0) is 13.0. The molecule has 0 rings (SSSR count). The van der Waals surface area contributed by atoms with Crippen LogP contribution in [-0.4, -0.2) is 12.6 Å². The molecule has 0 spiro atoms. The smallest absolute Gasteiger partial charge is 0.176 e. The molecule has 0 aromatic carbocycles. The van der Waals surface area contributed by atoms with Crippen LogP contribution in [0.25, 0.3) is 0 Å². The zero-order valence-electron chi connectivity index (χ0n) is 10.5. The zero-order valence-corrected chi connectivity index (χ0v) is 14.9. The molecule has 0 saturated carbocycles. The van der Waals surface area contributed by atoms with E-state index in [0.717, 1.165) is 6.42 Å². The lowest BCUT2D eigenvalue weighted by Gasteiger charge is -2.09. The Bertz CT molecular complexity index is 159. The summed E-state index contributed by atoms with van der Waals surface area (Å²) in [6, 6.07) is 1.30. The minimum absolute atomic E-state index is 0.211. The van der Waals surface area contributed by atoms with Gasteiger partial charge in [0.25, 0.3) is 0 Å². The first-order valence-corrected chi connectivity index (χ1v) is 11.0. The van der Waals surface area contributed by atoms with E-state index in [4.69, 9.17) is 45.9 Å². The van der Waals surface area contributed by atoms with Gasteiger partial charge in [-0.3, -0.25) is 0 Å². The molecule has 0 aliphatic carbocycles. The molecule has 0 saturated heterocycles. The third-order valence-electron chi connectivity index (χ3n) is 2.84. The van der Waals surface area contributed by atoms with E-state index < -0.39 is 3.79 Å². The van der Waals surface area contributed by atoms with Crippen molar-refractivity contribution >= 4 is 54.7 Å². The minimum Gasteiger partial charge on any atom is -0.176 e. The van der Waals surface area contributed by atoms with Gasteiger partial charge in [-0.05, 0) is 18.9 Å². The molecule has 0 heterocycles. The molecule has 0 N–H and O–H groups in total. The van der Waals surface area contributed by atoms with Crippen molar-refractivity contribution in [2.75, 3.05) is 0 Å². The molecule has 0 amide bonds. The normalized spacial score (nSPS) is 12.7. The fourth-order valence-corrected chi connectivity index (χ4v) is 3.34. The molecule has 0 fully saturated rings. The van der Waals surface area contributed by atoms with Crippen LogP contribution < -0.4 is 0 Å². The Morgan fingerprint density at radius 1 is 0.647 bits per heavy atom. The Kier molecular flexibility index (Phi) is 13.4. The van der Waals surface area contributed by atoms with E-state index in [1.165, 1.54) is 57.4 Å². The van der Waals surface area contributed by atoms with Crippen molar-refractivity contribution in [3.05, 3.63) is 0 Å². The Balaban J connectivity index is 2.99. The summed E-state index contributed by atoms with van der Waals surface area (Å²) in [5.74, 6) is 0. The van der Waals surface area contributed by atoms with Gasteiger partial charge in [0.05, 0.1) is 0 Å². The van der Waals surface area contributed by atoms with Gasteiger partial charge in [0.2, 0.25) is 0 Å². The van der Waals surface area contributed by atoms with Gasteiger partial charge in [0.15, 0.2) is 3.79 Å². The van der Waals surface area contributed by atoms with Gasteiger partial charge < -0.3 is 0 Å². The fraction of sp³-hybridized carbons (Fsp3) is 1.00. The molecule has 0 atom stereocenters. The third kappa shape index (κ3) is 17.4. The number of alkyl halides is 3. The van der Waals surface area contributed by atoms with Crippen molar-refractivity contribution < 1.29 is 0 Å². The van der Waals surface area contributed by atoms with Crippen LogP contribution >= 0.6 is 45.9 Å². The maximum atomic E-state index is 5.76. The summed E-state index contributed by atoms with van der Waals surface area (Å²) in [6.45, 7) is 0. The highest BCUT2D eigenvalue weighted by molar-refractivity contribution is 6.93. The highest BCUT2D eigenvalue weighted by Gasteiger charge is 2.17. The largest absolute Gasteiger partial charge is 0.190 e.